The second kappa shape index (κ2) is 34.7. The van der Waals surface area contributed by atoms with Crippen LogP contribution in [0.1, 0.15) is 40.9 Å². The Bertz CT molecular complexity index is 3500. The molecule has 34 nitrogen and oxygen atoms in total. The Hall–Kier alpha value is -8.15. The number of aromatic hydroxyl groups is 2. The van der Waals surface area contributed by atoms with E-state index in [1.165, 1.54) is 117 Å². The van der Waals surface area contributed by atoms with Gasteiger partial charge in [0.15, 0.2) is 42.6 Å². The van der Waals surface area contributed by atoms with E-state index in [2.05, 4.69) is 0 Å². The first-order valence-corrected chi connectivity index (χ1v) is 31.4. The summed E-state index contributed by atoms with van der Waals surface area (Å²) in [7, 11) is 1.24. The maximum atomic E-state index is 14.6. The Balaban J connectivity index is 1.15. The van der Waals surface area contributed by atoms with Crippen LogP contribution in [0, 0.1) is 0 Å². The minimum absolute atomic E-state index is 0.0319. The highest BCUT2D eigenvalue weighted by atomic mass is 16.8. The molecule has 5 fully saturated rings. The van der Waals surface area contributed by atoms with Gasteiger partial charge in [-0.05, 0) is 90.4 Å². The number of carbonyl (C=O) groups is 5. The largest absolute Gasteiger partial charge is 0.508 e. The number of aliphatic hydroxyl groups is 12. The van der Waals surface area contributed by atoms with Gasteiger partial charge in [-0.25, -0.2) is 19.2 Å². The number of ether oxygens (including phenoxy) is 15. The number of carbonyl (C=O) groups excluding carboxylic acids is 5. The van der Waals surface area contributed by atoms with Crippen molar-refractivity contribution in [3.63, 3.8) is 0 Å². The molecule has 4 aromatic rings. The predicted molar refractivity (Wildman–Crippen MR) is 334 cm³/mol. The van der Waals surface area contributed by atoms with E-state index in [1.54, 1.807) is 6.07 Å². The van der Waals surface area contributed by atoms with Crippen molar-refractivity contribution in [3.8, 4) is 23.0 Å². The first-order valence-electron chi connectivity index (χ1n) is 31.4. The average molecular weight is 1430 g/mol. The van der Waals surface area contributed by atoms with E-state index in [-0.39, 0.29) is 34.1 Å². The highest BCUT2D eigenvalue weighted by Gasteiger charge is 2.64. The number of rotatable bonds is 26. The van der Waals surface area contributed by atoms with E-state index in [4.69, 9.17) is 71.1 Å². The van der Waals surface area contributed by atoms with E-state index in [0.717, 1.165) is 31.2 Å². The molecule has 0 amide bonds. The molecule has 0 spiro atoms. The summed E-state index contributed by atoms with van der Waals surface area (Å²) in [5.74, 6) is -9.07. The molecule has 24 atom stereocenters. The van der Waals surface area contributed by atoms with E-state index < -0.39 is 210 Å². The molecule has 5 aliphatic heterocycles. The van der Waals surface area contributed by atoms with Gasteiger partial charge in [0.25, 0.3) is 0 Å². The van der Waals surface area contributed by atoms with Gasteiger partial charge in [0.2, 0.25) is 12.1 Å². The maximum Gasteiger partial charge on any atom is 0.338 e. The smallest absolute Gasteiger partial charge is 0.338 e. The van der Waals surface area contributed by atoms with Gasteiger partial charge in [0, 0.05) is 25.2 Å². The van der Waals surface area contributed by atoms with Crippen LogP contribution in [0.4, 0.5) is 0 Å². The molecule has 24 unspecified atom stereocenters. The standard InChI is InChI=1S/C67H78O34/c1-31-48(76)52(80)55(83)63(91-31)92-39-21-13-35(25-40(39)87-3)16-24-47(75)96-58-44(29-88-32(2)70)95-66(101-67(30-90-46(74)23-15-34-11-19-38(72)20-12-34)61(51(79)42(27-69)100-67)99-62(86)36-7-5-4-6-8-36)60(98-64-56(84)53(81)49(77)41(26-68)93-64)59(58)97-65-57(85)54(82)50(78)43(94-65)28-89-45(73)22-14-33-9-17-37(71)18-10-33/h4-25,31,41-44,48-61,63-66,68-69,71-72,76-85H,26-30H2,1-3H3. The van der Waals surface area contributed by atoms with E-state index in [0.29, 0.717) is 11.1 Å². The Morgan fingerprint density at radius 3 is 1.59 bits per heavy atom. The minimum atomic E-state index is -3.00. The first kappa shape index (κ1) is 77.0. The normalized spacial score (nSPS) is 34.3. The lowest BCUT2D eigenvalue weighted by atomic mass is 9.95. The lowest BCUT2D eigenvalue weighted by Gasteiger charge is -2.50. The Morgan fingerprint density at radius 1 is 0.485 bits per heavy atom. The fourth-order valence-electron chi connectivity index (χ4n) is 11.1. The average Bonchev–Trinajstić information content (AvgIpc) is 1.69. The van der Waals surface area contributed by atoms with Gasteiger partial charge in [-0.3, -0.25) is 4.79 Å². The van der Waals surface area contributed by atoms with Crippen molar-refractivity contribution in [1.82, 2.24) is 0 Å². The molecule has 14 N–H and O–H groups in total. The van der Waals surface area contributed by atoms with Crippen LogP contribution in [0.2, 0.25) is 0 Å². The molecule has 5 saturated heterocycles. The summed E-state index contributed by atoms with van der Waals surface area (Å²) >= 11 is 0. The fraction of sp³-hybridized carbons (Fsp3) is 0.478. The van der Waals surface area contributed by atoms with Gasteiger partial charge < -0.3 is 143 Å². The van der Waals surface area contributed by atoms with Crippen LogP contribution in [-0.4, -0.2) is 288 Å². The number of aliphatic hydroxyl groups excluding tert-OH is 12. The Kier molecular flexibility index (Phi) is 26.4. The summed E-state index contributed by atoms with van der Waals surface area (Å²) in [5, 5.41) is 153. The van der Waals surface area contributed by atoms with Crippen molar-refractivity contribution in [2.24, 2.45) is 0 Å². The van der Waals surface area contributed by atoms with Crippen LogP contribution in [0.3, 0.4) is 0 Å². The van der Waals surface area contributed by atoms with E-state index in [9.17, 15) is 95.5 Å². The molecule has 550 valence electrons. The van der Waals surface area contributed by atoms with Crippen LogP contribution in [0.25, 0.3) is 18.2 Å². The second-order valence-electron chi connectivity index (χ2n) is 23.7. The predicted octanol–water partition coefficient (Wildman–Crippen LogP) is -2.89. The molecule has 34 heteroatoms. The zero-order valence-electron chi connectivity index (χ0n) is 53.9. The third-order valence-electron chi connectivity index (χ3n) is 16.7. The summed E-state index contributed by atoms with van der Waals surface area (Å²) in [4.78, 5) is 68.6. The quantitative estimate of drug-likeness (QED) is 0.0170. The first-order chi connectivity index (χ1) is 48.2. The fourth-order valence-corrected chi connectivity index (χ4v) is 11.1. The zero-order valence-corrected chi connectivity index (χ0v) is 53.9. The topological polar surface area (TPSA) is 507 Å². The molecule has 0 saturated carbocycles. The van der Waals surface area contributed by atoms with E-state index in [1.807, 2.05) is 0 Å². The second-order valence-corrected chi connectivity index (χ2v) is 23.7. The molecular formula is C67H78O34. The van der Waals surface area contributed by atoms with E-state index >= 15 is 0 Å². The van der Waals surface area contributed by atoms with Gasteiger partial charge in [-0.15, -0.1) is 0 Å². The van der Waals surface area contributed by atoms with Crippen molar-refractivity contribution >= 4 is 48.1 Å². The van der Waals surface area contributed by atoms with Crippen molar-refractivity contribution < 1.29 is 167 Å². The zero-order chi connectivity index (χ0) is 73.0. The third-order valence-corrected chi connectivity index (χ3v) is 16.7. The van der Waals surface area contributed by atoms with Crippen LogP contribution in [-0.2, 0) is 80.8 Å². The van der Waals surface area contributed by atoms with Gasteiger partial charge >= 0.3 is 29.8 Å². The summed E-state index contributed by atoms with van der Waals surface area (Å²) < 4.78 is 89.5. The molecule has 0 aromatic heterocycles. The van der Waals surface area contributed by atoms with Gasteiger partial charge in [-0.2, -0.15) is 0 Å². The Labute approximate surface area is 574 Å². The number of phenols is 2. The summed E-state index contributed by atoms with van der Waals surface area (Å²) in [6, 6.07) is 22.2. The van der Waals surface area contributed by atoms with Gasteiger partial charge in [0.1, 0.15) is 129 Å². The van der Waals surface area contributed by atoms with Gasteiger partial charge in [0.05, 0.1) is 32.0 Å². The molecule has 4 aromatic carbocycles. The summed E-state index contributed by atoms with van der Waals surface area (Å²) in [6.07, 6.45) is -40.4. The van der Waals surface area contributed by atoms with Gasteiger partial charge in [-0.1, -0.05) is 48.5 Å². The number of hydrogen-bond acceptors (Lipinski definition) is 34. The lowest BCUT2D eigenvalue weighted by Crippen LogP contribution is -2.69. The third kappa shape index (κ3) is 18.9. The number of hydrogen-bond donors (Lipinski definition) is 14. The molecule has 5 aliphatic rings. The van der Waals surface area contributed by atoms with Crippen molar-refractivity contribution in [2.75, 3.05) is 40.1 Å². The number of benzene rings is 4. The highest BCUT2D eigenvalue weighted by molar-refractivity contribution is 5.90. The Morgan fingerprint density at radius 2 is 1.00 bits per heavy atom. The molecular weight excluding hydrogens is 1350 g/mol. The highest BCUT2D eigenvalue weighted by Crippen LogP contribution is 2.43. The molecule has 9 rings (SSSR count). The molecule has 0 radical (unpaired) electrons. The molecule has 5 heterocycles. The van der Waals surface area contributed by atoms with Crippen LogP contribution in [0.5, 0.6) is 23.0 Å². The molecule has 101 heavy (non-hydrogen) atoms. The molecule has 0 aliphatic carbocycles. The van der Waals surface area contributed by atoms with Crippen molar-refractivity contribution in [3.05, 3.63) is 138 Å². The monoisotopic (exact) mass is 1430 g/mol. The summed E-state index contributed by atoms with van der Waals surface area (Å²) in [6.45, 7) is -2.99. The maximum absolute atomic E-state index is 14.6. The van der Waals surface area contributed by atoms with Crippen LogP contribution < -0.4 is 9.47 Å². The van der Waals surface area contributed by atoms with Crippen LogP contribution in [0.15, 0.2) is 115 Å². The number of methoxy groups -OCH3 is 1. The lowest BCUT2D eigenvalue weighted by molar-refractivity contribution is -0.421. The summed E-state index contributed by atoms with van der Waals surface area (Å²) in [5.41, 5.74) is 0.817. The SMILES string of the molecule is COc1cc(C=CC(=O)OC2C(COC(C)=O)OC(OC3(COC(=O)C=Cc4ccc(O)cc4)OC(CO)C(O)C3OC(=O)c3ccccc3)C(OC3OC(CO)C(O)C(O)C3O)C2OC2OC(COC(=O)C=Cc3ccc(O)cc3)C(O)C(O)C2O)ccc1OC1OC(C)C(O)C(O)C1O. The minimum Gasteiger partial charge on any atom is -0.508 e. The molecule has 0 bridgehead atoms. The van der Waals surface area contributed by atoms with Crippen molar-refractivity contribution in [2.45, 2.75) is 161 Å². The number of esters is 5. The van der Waals surface area contributed by atoms with Crippen molar-refractivity contribution in [1.29, 1.82) is 0 Å². The number of phenolic OH excluding ortho intramolecular Hbond substituents is 2. The van der Waals surface area contributed by atoms with Crippen LogP contribution >= 0.6 is 0 Å².